The van der Waals surface area contributed by atoms with Crippen LogP contribution in [0.15, 0.2) is 24.3 Å². The van der Waals surface area contributed by atoms with Crippen LogP contribution < -0.4 is 5.73 Å². The number of nitrogens with two attached hydrogens (primary N) is 1. The Hall–Kier alpha value is -1.35. The first-order valence-corrected chi connectivity index (χ1v) is 5.58. The molecule has 0 saturated carbocycles. The predicted molar refractivity (Wildman–Crippen MR) is 64.1 cm³/mol. The van der Waals surface area contributed by atoms with Crippen LogP contribution in [0.1, 0.15) is 24.5 Å². The Morgan fingerprint density at radius 1 is 1.31 bits per heavy atom. The van der Waals surface area contributed by atoms with Crippen LogP contribution >= 0.6 is 0 Å². The minimum absolute atomic E-state index is 0.363. The van der Waals surface area contributed by atoms with Gasteiger partial charge in [0.05, 0.1) is 7.11 Å². The van der Waals surface area contributed by atoms with Crippen molar-refractivity contribution in [3.63, 3.8) is 0 Å². The van der Waals surface area contributed by atoms with Gasteiger partial charge in [-0.1, -0.05) is 37.6 Å². The van der Waals surface area contributed by atoms with Crippen molar-refractivity contribution in [3.8, 4) is 0 Å². The highest BCUT2D eigenvalue weighted by Crippen LogP contribution is 2.08. The van der Waals surface area contributed by atoms with Gasteiger partial charge in [-0.15, -0.1) is 0 Å². The third kappa shape index (κ3) is 3.66. The fourth-order valence-electron chi connectivity index (χ4n) is 1.62. The average Bonchev–Trinajstić information content (AvgIpc) is 2.31. The van der Waals surface area contributed by atoms with Crippen LogP contribution in [-0.4, -0.2) is 19.1 Å². The molecule has 0 radical (unpaired) electrons. The summed E-state index contributed by atoms with van der Waals surface area (Å²) in [6, 6.07) is 7.65. The number of ether oxygens (including phenoxy) is 1. The van der Waals surface area contributed by atoms with E-state index in [4.69, 9.17) is 5.73 Å². The van der Waals surface area contributed by atoms with Crippen LogP contribution in [0, 0.1) is 0 Å². The maximum absolute atomic E-state index is 11.1. The van der Waals surface area contributed by atoms with Gasteiger partial charge in [-0.3, -0.25) is 4.79 Å². The number of methoxy groups -OCH3 is 1. The number of rotatable bonds is 5. The quantitative estimate of drug-likeness (QED) is 0.770. The van der Waals surface area contributed by atoms with Crippen molar-refractivity contribution in [1.82, 2.24) is 0 Å². The molecule has 0 aliphatic carbocycles. The minimum Gasteiger partial charge on any atom is -0.468 e. The van der Waals surface area contributed by atoms with Crippen molar-refractivity contribution < 1.29 is 9.53 Å². The molecular weight excluding hydrogens is 202 g/mol. The van der Waals surface area contributed by atoms with Crippen molar-refractivity contribution in [2.45, 2.75) is 32.2 Å². The maximum atomic E-state index is 11.1. The van der Waals surface area contributed by atoms with E-state index in [9.17, 15) is 4.79 Å². The first-order chi connectivity index (χ1) is 7.67. The summed E-state index contributed by atoms with van der Waals surface area (Å²) in [7, 11) is 1.35. The molecular formula is C13H19NO2. The summed E-state index contributed by atoms with van der Waals surface area (Å²) in [6.45, 7) is 2.15. The second-order valence-electron chi connectivity index (χ2n) is 3.90. The number of benzene rings is 1. The normalized spacial score (nSPS) is 12.2. The third-order valence-corrected chi connectivity index (χ3v) is 2.52. The van der Waals surface area contributed by atoms with E-state index in [2.05, 4.69) is 23.8 Å². The van der Waals surface area contributed by atoms with E-state index in [1.165, 1.54) is 12.7 Å². The fraction of sp³-hybridized carbons (Fsp3) is 0.462. The molecule has 1 atom stereocenters. The molecule has 0 aromatic heterocycles. The Kier molecular flexibility index (Phi) is 4.99. The highest BCUT2D eigenvalue weighted by atomic mass is 16.5. The van der Waals surface area contributed by atoms with E-state index in [-0.39, 0.29) is 5.97 Å². The Morgan fingerprint density at radius 2 is 1.88 bits per heavy atom. The van der Waals surface area contributed by atoms with Crippen molar-refractivity contribution in [1.29, 1.82) is 0 Å². The lowest BCUT2D eigenvalue weighted by atomic mass is 10.0. The van der Waals surface area contributed by atoms with Crippen LogP contribution in [0.5, 0.6) is 0 Å². The zero-order valence-electron chi connectivity index (χ0n) is 9.90. The molecule has 3 heteroatoms. The summed E-state index contributed by atoms with van der Waals surface area (Å²) in [5, 5.41) is 0. The standard InChI is InChI=1S/C13H19NO2/c1-3-4-10-5-7-11(8-6-10)9-12(14)13(15)16-2/h5-8,12H,3-4,9,14H2,1-2H3/t12-/m0/s1. The third-order valence-electron chi connectivity index (χ3n) is 2.52. The molecule has 0 saturated heterocycles. The largest absolute Gasteiger partial charge is 0.468 e. The van der Waals surface area contributed by atoms with E-state index in [0.717, 1.165) is 18.4 Å². The van der Waals surface area contributed by atoms with Crippen molar-refractivity contribution in [3.05, 3.63) is 35.4 Å². The molecule has 0 amide bonds. The highest BCUT2D eigenvalue weighted by Gasteiger charge is 2.13. The van der Waals surface area contributed by atoms with E-state index in [0.29, 0.717) is 6.42 Å². The SMILES string of the molecule is CCCc1ccc(C[C@H](N)C(=O)OC)cc1. The van der Waals surface area contributed by atoms with E-state index >= 15 is 0 Å². The maximum Gasteiger partial charge on any atom is 0.322 e. The second kappa shape index (κ2) is 6.28. The van der Waals surface area contributed by atoms with Gasteiger partial charge in [0.2, 0.25) is 0 Å². The highest BCUT2D eigenvalue weighted by molar-refractivity contribution is 5.75. The van der Waals surface area contributed by atoms with Gasteiger partial charge in [0.1, 0.15) is 6.04 Å². The van der Waals surface area contributed by atoms with Gasteiger partial charge in [0, 0.05) is 0 Å². The van der Waals surface area contributed by atoms with E-state index in [1.807, 2.05) is 12.1 Å². The lowest BCUT2D eigenvalue weighted by molar-refractivity contribution is -0.142. The molecule has 0 fully saturated rings. The van der Waals surface area contributed by atoms with Crippen molar-refractivity contribution in [2.24, 2.45) is 5.73 Å². The van der Waals surface area contributed by atoms with Gasteiger partial charge in [0.25, 0.3) is 0 Å². The predicted octanol–water partition coefficient (Wildman–Crippen LogP) is 1.68. The first-order valence-electron chi connectivity index (χ1n) is 5.58. The Labute approximate surface area is 96.6 Å². The summed E-state index contributed by atoms with van der Waals surface area (Å²) in [5.41, 5.74) is 8.07. The molecule has 1 aromatic carbocycles. The van der Waals surface area contributed by atoms with Gasteiger partial charge in [0.15, 0.2) is 0 Å². The molecule has 1 rings (SSSR count). The number of hydrogen-bond donors (Lipinski definition) is 1. The second-order valence-corrected chi connectivity index (χ2v) is 3.90. The molecule has 2 N–H and O–H groups in total. The summed E-state index contributed by atoms with van der Waals surface area (Å²) in [4.78, 5) is 11.1. The lowest BCUT2D eigenvalue weighted by Gasteiger charge is -2.09. The van der Waals surface area contributed by atoms with Crippen LogP contribution in [-0.2, 0) is 22.4 Å². The molecule has 0 bridgehead atoms. The zero-order valence-corrected chi connectivity index (χ0v) is 9.90. The van der Waals surface area contributed by atoms with Crippen molar-refractivity contribution >= 4 is 5.97 Å². The van der Waals surface area contributed by atoms with Crippen LogP contribution in [0.3, 0.4) is 0 Å². The van der Waals surface area contributed by atoms with E-state index < -0.39 is 6.04 Å². The minimum atomic E-state index is -0.568. The monoisotopic (exact) mass is 221 g/mol. The van der Waals surface area contributed by atoms with E-state index in [1.54, 1.807) is 0 Å². The smallest absolute Gasteiger partial charge is 0.322 e. The molecule has 0 unspecified atom stereocenters. The summed E-state index contributed by atoms with van der Waals surface area (Å²) < 4.78 is 4.58. The molecule has 0 aliphatic rings. The molecule has 3 nitrogen and oxygen atoms in total. The Bertz CT molecular complexity index is 332. The Morgan fingerprint density at radius 3 is 2.38 bits per heavy atom. The van der Waals surface area contributed by atoms with Gasteiger partial charge in [-0.2, -0.15) is 0 Å². The lowest BCUT2D eigenvalue weighted by Crippen LogP contribution is -2.33. The number of esters is 1. The zero-order chi connectivity index (χ0) is 12.0. The van der Waals surface area contributed by atoms with Gasteiger partial charge >= 0.3 is 5.97 Å². The number of carbonyl (C=O) groups is 1. The van der Waals surface area contributed by atoms with Gasteiger partial charge in [-0.25, -0.2) is 0 Å². The Balaban J connectivity index is 2.58. The summed E-state index contributed by atoms with van der Waals surface area (Å²) in [6.07, 6.45) is 2.75. The topological polar surface area (TPSA) is 52.3 Å². The van der Waals surface area contributed by atoms with Gasteiger partial charge in [-0.05, 0) is 24.0 Å². The number of carbonyl (C=O) groups excluding carboxylic acids is 1. The molecule has 0 aliphatic heterocycles. The van der Waals surface area contributed by atoms with Crippen LogP contribution in [0.2, 0.25) is 0 Å². The first kappa shape index (κ1) is 12.7. The average molecular weight is 221 g/mol. The number of aryl methyl sites for hydroxylation is 1. The van der Waals surface area contributed by atoms with Crippen LogP contribution in [0.25, 0.3) is 0 Å². The molecule has 88 valence electrons. The molecule has 0 spiro atoms. The van der Waals surface area contributed by atoms with Gasteiger partial charge < -0.3 is 10.5 Å². The molecule has 0 heterocycles. The summed E-state index contributed by atoms with van der Waals surface area (Å²) in [5.74, 6) is -0.363. The molecule has 16 heavy (non-hydrogen) atoms. The van der Waals surface area contributed by atoms with Crippen LogP contribution in [0.4, 0.5) is 0 Å². The van der Waals surface area contributed by atoms with Crippen molar-refractivity contribution in [2.75, 3.05) is 7.11 Å². The number of hydrogen-bond acceptors (Lipinski definition) is 3. The fourth-order valence-corrected chi connectivity index (χ4v) is 1.62. The summed E-state index contributed by atoms with van der Waals surface area (Å²) >= 11 is 0. The molecule has 1 aromatic rings.